The van der Waals surface area contributed by atoms with E-state index in [4.69, 9.17) is 11.6 Å². The average Bonchev–Trinajstić information content (AvgIpc) is 2.68. The summed E-state index contributed by atoms with van der Waals surface area (Å²) < 4.78 is 0. The fraction of sp³-hybridized carbons (Fsp3) is 0.150. The highest BCUT2D eigenvalue weighted by atomic mass is 35.5. The van der Waals surface area contributed by atoms with Crippen molar-refractivity contribution in [2.24, 2.45) is 0 Å². The van der Waals surface area contributed by atoms with Gasteiger partial charge in [0.15, 0.2) is 0 Å². The maximum absolute atomic E-state index is 12.5. The Hall–Kier alpha value is -2.76. The van der Waals surface area contributed by atoms with Gasteiger partial charge in [0.2, 0.25) is 0 Å². The summed E-state index contributed by atoms with van der Waals surface area (Å²) in [7, 11) is 0. The zero-order valence-electron chi connectivity index (χ0n) is 14.2. The van der Waals surface area contributed by atoms with Crippen molar-refractivity contribution in [1.82, 2.24) is 20.4 Å². The van der Waals surface area contributed by atoms with Gasteiger partial charge in [-0.25, -0.2) is 5.01 Å². The molecule has 0 aliphatic carbocycles. The molecule has 2 heterocycles. The molecule has 0 spiro atoms. The van der Waals surface area contributed by atoms with E-state index in [0.29, 0.717) is 18.7 Å². The second kappa shape index (κ2) is 9.08. The molecule has 1 amide bonds. The van der Waals surface area contributed by atoms with Crippen molar-refractivity contribution in [2.45, 2.75) is 13.0 Å². The molecule has 5 nitrogen and oxygen atoms in total. The highest BCUT2D eigenvalue weighted by molar-refractivity contribution is 6.31. The summed E-state index contributed by atoms with van der Waals surface area (Å²) in [5.41, 5.74) is 5.59. The van der Waals surface area contributed by atoms with Crippen LogP contribution in [0.2, 0.25) is 5.02 Å². The van der Waals surface area contributed by atoms with E-state index >= 15 is 0 Å². The van der Waals surface area contributed by atoms with Crippen LogP contribution in [0.5, 0.6) is 0 Å². The molecule has 132 valence electrons. The van der Waals surface area contributed by atoms with Crippen LogP contribution in [-0.2, 0) is 13.0 Å². The summed E-state index contributed by atoms with van der Waals surface area (Å²) in [4.78, 5) is 20.5. The fourth-order valence-electron chi connectivity index (χ4n) is 2.54. The highest BCUT2D eigenvalue weighted by Crippen LogP contribution is 2.16. The van der Waals surface area contributed by atoms with E-state index in [1.807, 2.05) is 41.4 Å². The molecule has 0 saturated heterocycles. The molecular weight excluding hydrogens is 348 g/mol. The average molecular weight is 367 g/mol. The fourth-order valence-corrected chi connectivity index (χ4v) is 2.78. The molecule has 0 radical (unpaired) electrons. The van der Waals surface area contributed by atoms with E-state index in [0.717, 1.165) is 22.6 Å². The van der Waals surface area contributed by atoms with Gasteiger partial charge in [0.1, 0.15) is 0 Å². The first-order chi connectivity index (χ1) is 12.7. The SMILES string of the molecule is O=C(NN(CCc1ccccc1Cl)Cc1ccncc1)c1cccnc1. The monoisotopic (exact) mass is 366 g/mol. The van der Waals surface area contributed by atoms with Crippen molar-refractivity contribution in [1.29, 1.82) is 0 Å². The number of nitrogens with zero attached hydrogens (tertiary/aromatic N) is 3. The highest BCUT2D eigenvalue weighted by Gasteiger charge is 2.13. The van der Waals surface area contributed by atoms with Crippen LogP contribution in [0.4, 0.5) is 0 Å². The minimum atomic E-state index is -0.189. The molecular formula is C20H19ClN4O. The second-order valence-electron chi connectivity index (χ2n) is 5.80. The molecule has 1 N–H and O–H groups in total. The molecule has 0 unspecified atom stereocenters. The first kappa shape index (κ1) is 18.0. The molecule has 6 heteroatoms. The Morgan fingerprint density at radius 2 is 1.81 bits per heavy atom. The second-order valence-corrected chi connectivity index (χ2v) is 6.21. The van der Waals surface area contributed by atoms with Crippen LogP contribution in [0.1, 0.15) is 21.5 Å². The zero-order valence-corrected chi connectivity index (χ0v) is 14.9. The quantitative estimate of drug-likeness (QED) is 0.650. The van der Waals surface area contributed by atoms with E-state index in [2.05, 4.69) is 15.4 Å². The van der Waals surface area contributed by atoms with Crippen molar-refractivity contribution in [3.05, 3.63) is 95.0 Å². The third-order valence-corrected chi connectivity index (χ3v) is 4.28. The molecule has 0 aliphatic rings. The van der Waals surface area contributed by atoms with Gasteiger partial charge in [-0.2, -0.15) is 0 Å². The minimum absolute atomic E-state index is 0.189. The Balaban J connectivity index is 1.71. The van der Waals surface area contributed by atoms with Crippen LogP contribution in [0.25, 0.3) is 0 Å². The Bertz CT molecular complexity index is 843. The topological polar surface area (TPSA) is 58.1 Å². The summed E-state index contributed by atoms with van der Waals surface area (Å²) >= 11 is 6.25. The van der Waals surface area contributed by atoms with Gasteiger partial charge >= 0.3 is 0 Å². The van der Waals surface area contributed by atoms with Crippen LogP contribution in [-0.4, -0.2) is 27.4 Å². The number of rotatable bonds is 7. The predicted octanol–water partition coefficient (Wildman–Crippen LogP) is 3.52. The summed E-state index contributed by atoms with van der Waals surface area (Å²) in [5.74, 6) is -0.189. The third kappa shape index (κ3) is 5.12. The molecule has 3 aromatic rings. The van der Waals surface area contributed by atoms with Crippen LogP contribution in [0.3, 0.4) is 0 Å². The van der Waals surface area contributed by atoms with Gasteiger partial charge in [-0.1, -0.05) is 29.8 Å². The standard InChI is InChI=1S/C20H19ClN4O/c21-19-6-2-1-4-17(19)9-13-25(15-16-7-11-22-12-8-16)24-20(26)18-5-3-10-23-14-18/h1-8,10-12,14H,9,13,15H2,(H,24,26). The molecule has 0 fully saturated rings. The number of pyridine rings is 2. The van der Waals surface area contributed by atoms with Gasteiger partial charge < -0.3 is 0 Å². The normalized spacial score (nSPS) is 10.7. The molecule has 0 saturated carbocycles. The Morgan fingerprint density at radius 1 is 1.00 bits per heavy atom. The molecule has 0 atom stereocenters. The van der Waals surface area contributed by atoms with E-state index in [-0.39, 0.29) is 5.91 Å². The number of hydrazine groups is 1. The lowest BCUT2D eigenvalue weighted by Crippen LogP contribution is -2.42. The third-order valence-electron chi connectivity index (χ3n) is 3.92. The van der Waals surface area contributed by atoms with Crippen LogP contribution >= 0.6 is 11.6 Å². The number of hydrogen-bond donors (Lipinski definition) is 1. The van der Waals surface area contributed by atoms with Crippen molar-refractivity contribution in [3.63, 3.8) is 0 Å². The number of halogens is 1. The summed E-state index contributed by atoms with van der Waals surface area (Å²) in [6, 6.07) is 15.1. The number of carbonyl (C=O) groups is 1. The Labute approximate surface area is 157 Å². The smallest absolute Gasteiger partial charge is 0.267 e. The minimum Gasteiger partial charge on any atom is -0.284 e. The van der Waals surface area contributed by atoms with Gasteiger partial charge in [-0.15, -0.1) is 0 Å². The van der Waals surface area contributed by atoms with Crippen LogP contribution in [0.15, 0.2) is 73.3 Å². The number of aromatic nitrogens is 2. The summed E-state index contributed by atoms with van der Waals surface area (Å²) in [5, 5.41) is 2.61. The summed E-state index contributed by atoms with van der Waals surface area (Å²) in [6.45, 7) is 1.19. The van der Waals surface area contributed by atoms with Gasteiger partial charge in [0, 0.05) is 42.9 Å². The molecule has 1 aromatic carbocycles. The molecule has 2 aromatic heterocycles. The number of amides is 1. The van der Waals surface area contributed by atoms with E-state index in [1.165, 1.54) is 0 Å². The van der Waals surface area contributed by atoms with Crippen molar-refractivity contribution >= 4 is 17.5 Å². The van der Waals surface area contributed by atoms with Crippen molar-refractivity contribution in [2.75, 3.05) is 6.54 Å². The van der Waals surface area contributed by atoms with Crippen LogP contribution < -0.4 is 5.43 Å². The number of benzene rings is 1. The van der Waals surface area contributed by atoms with E-state index < -0.39 is 0 Å². The van der Waals surface area contributed by atoms with Gasteiger partial charge in [0.05, 0.1) is 5.56 Å². The first-order valence-corrected chi connectivity index (χ1v) is 8.68. The number of nitrogens with one attached hydrogen (secondary N) is 1. The largest absolute Gasteiger partial charge is 0.284 e. The van der Waals surface area contributed by atoms with Crippen molar-refractivity contribution < 1.29 is 4.79 Å². The predicted molar refractivity (Wildman–Crippen MR) is 102 cm³/mol. The Morgan fingerprint density at radius 3 is 2.54 bits per heavy atom. The van der Waals surface area contributed by atoms with Crippen molar-refractivity contribution in [3.8, 4) is 0 Å². The lowest BCUT2D eigenvalue weighted by molar-refractivity contribution is 0.0776. The molecule has 3 rings (SSSR count). The van der Waals surface area contributed by atoms with Gasteiger partial charge in [-0.3, -0.25) is 20.2 Å². The van der Waals surface area contributed by atoms with Gasteiger partial charge in [0.25, 0.3) is 5.91 Å². The summed E-state index contributed by atoms with van der Waals surface area (Å²) in [6.07, 6.45) is 7.39. The van der Waals surface area contributed by atoms with Gasteiger partial charge in [-0.05, 0) is 47.9 Å². The molecule has 26 heavy (non-hydrogen) atoms. The maximum atomic E-state index is 12.5. The lowest BCUT2D eigenvalue weighted by atomic mass is 10.1. The first-order valence-electron chi connectivity index (χ1n) is 8.30. The van der Waals surface area contributed by atoms with Crippen LogP contribution in [0, 0.1) is 0 Å². The maximum Gasteiger partial charge on any atom is 0.267 e. The molecule has 0 aliphatic heterocycles. The Kier molecular flexibility index (Phi) is 6.30. The zero-order chi connectivity index (χ0) is 18.2. The molecule has 0 bridgehead atoms. The number of hydrogen-bond acceptors (Lipinski definition) is 4. The van der Waals surface area contributed by atoms with E-state index in [1.54, 1.807) is 36.9 Å². The lowest BCUT2D eigenvalue weighted by Gasteiger charge is -2.23. The van der Waals surface area contributed by atoms with E-state index in [9.17, 15) is 4.79 Å². The number of carbonyl (C=O) groups excluding carboxylic acids is 1.